The molecule has 3 rings (SSSR count). The fourth-order valence-corrected chi connectivity index (χ4v) is 3.01. The van der Waals surface area contributed by atoms with Crippen LogP contribution in [0.15, 0.2) is 36.4 Å². The lowest BCUT2D eigenvalue weighted by atomic mass is 10.1. The predicted molar refractivity (Wildman–Crippen MR) is 106 cm³/mol. The number of nitrogens with one attached hydrogen (secondary N) is 2. The zero-order valence-electron chi connectivity index (χ0n) is 15.7. The summed E-state index contributed by atoms with van der Waals surface area (Å²) in [5.74, 6) is 0.394. The Bertz CT molecular complexity index is 728. The first-order valence-corrected chi connectivity index (χ1v) is 9.19. The van der Waals surface area contributed by atoms with Crippen molar-refractivity contribution in [1.29, 1.82) is 0 Å². The lowest BCUT2D eigenvalue weighted by Gasteiger charge is -2.28. The molecule has 0 radical (unpaired) electrons. The van der Waals surface area contributed by atoms with E-state index in [0.29, 0.717) is 11.5 Å². The van der Waals surface area contributed by atoms with E-state index in [1.807, 2.05) is 32.9 Å². The van der Waals surface area contributed by atoms with Gasteiger partial charge in [-0.3, -0.25) is 4.79 Å². The monoisotopic (exact) mass is 353 g/mol. The Morgan fingerprint density at radius 3 is 2.23 bits per heavy atom. The summed E-state index contributed by atoms with van der Waals surface area (Å²) in [4.78, 5) is 14.7. The molecule has 0 unspecified atom stereocenters. The maximum Gasteiger partial charge on any atom is 0.276 e. The molecule has 0 spiro atoms. The minimum Gasteiger partial charge on any atom is -0.372 e. The van der Waals surface area contributed by atoms with Crippen LogP contribution in [0.1, 0.15) is 50.5 Å². The van der Waals surface area contributed by atoms with E-state index in [4.69, 9.17) is 0 Å². The summed E-state index contributed by atoms with van der Waals surface area (Å²) in [6.45, 7) is 8.35. The third-order valence-electron chi connectivity index (χ3n) is 4.25. The molecule has 1 aliphatic rings. The summed E-state index contributed by atoms with van der Waals surface area (Å²) in [5, 5.41) is 14.2. The van der Waals surface area contributed by atoms with Gasteiger partial charge in [-0.05, 0) is 76.4 Å². The van der Waals surface area contributed by atoms with Gasteiger partial charge in [0.2, 0.25) is 0 Å². The molecule has 1 aromatic carbocycles. The maximum atomic E-state index is 12.4. The number of piperidine rings is 1. The fourth-order valence-electron chi connectivity index (χ4n) is 3.01. The number of rotatable bonds is 4. The molecule has 2 aromatic rings. The van der Waals surface area contributed by atoms with Gasteiger partial charge in [-0.2, -0.15) is 0 Å². The normalized spacial score (nSPS) is 14.8. The van der Waals surface area contributed by atoms with Crippen molar-refractivity contribution < 1.29 is 4.79 Å². The highest BCUT2D eigenvalue weighted by atomic mass is 16.1. The van der Waals surface area contributed by atoms with Gasteiger partial charge in [0.15, 0.2) is 5.69 Å². The molecule has 26 heavy (non-hydrogen) atoms. The summed E-state index contributed by atoms with van der Waals surface area (Å²) in [6.07, 6.45) is 3.81. The van der Waals surface area contributed by atoms with E-state index in [2.05, 4.69) is 37.9 Å². The maximum absolute atomic E-state index is 12.4. The Kier molecular flexibility index (Phi) is 5.40. The van der Waals surface area contributed by atoms with E-state index in [1.165, 1.54) is 24.9 Å². The number of carbonyl (C=O) groups excluding carboxylic acids is 1. The summed E-state index contributed by atoms with van der Waals surface area (Å²) in [7, 11) is 0. The molecule has 0 saturated carbocycles. The zero-order valence-corrected chi connectivity index (χ0v) is 15.7. The Balaban J connectivity index is 1.60. The van der Waals surface area contributed by atoms with Gasteiger partial charge < -0.3 is 15.5 Å². The SMILES string of the molecule is CC(C)(C)Nc1ccc(C(=O)Nc2ccc(N3CCCCC3)cc2)nn1. The smallest absolute Gasteiger partial charge is 0.276 e. The summed E-state index contributed by atoms with van der Waals surface area (Å²) in [6, 6.07) is 11.4. The van der Waals surface area contributed by atoms with Crippen molar-refractivity contribution in [2.24, 2.45) is 0 Å². The van der Waals surface area contributed by atoms with Crippen LogP contribution in [0.5, 0.6) is 0 Å². The number of hydrogen-bond acceptors (Lipinski definition) is 5. The molecule has 1 saturated heterocycles. The first kappa shape index (κ1) is 18.2. The molecule has 6 heteroatoms. The summed E-state index contributed by atoms with van der Waals surface area (Å²) >= 11 is 0. The van der Waals surface area contributed by atoms with Crippen molar-refractivity contribution in [2.45, 2.75) is 45.6 Å². The van der Waals surface area contributed by atoms with E-state index >= 15 is 0 Å². The predicted octanol–water partition coefficient (Wildman–Crippen LogP) is 3.93. The second kappa shape index (κ2) is 7.72. The van der Waals surface area contributed by atoms with Crippen LogP contribution in [0.3, 0.4) is 0 Å². The van der Waals surface area contributed by atoms with Gasteiger partial charge in [-0.15, -0.1) is 10.2 Å². The van der Waals surface area contributed by atoms with Crippen LogP contribution in [-0.2, 0) is 0 Å². The Morgan fingerprint density at radius 1 is 0.962 bits per heavy atom. The van der Waals surface area contributed by atoms with Gasteiger partial charge in [0.25, 0.3) is 5.91 Å². The number of benzene rings is 1. The van der Waals surface area contributed by atoms with E-state index in [9.17, 15) is 4.79 Å². The quantitative estimate of drug-likeness (QED) is 0.871. The molecule has 1 aliphatic heterocycles. The third-order valence-corrected chi connectivity index (χ3v) is 4.25. The largest absolute Gasteiger partial charge is 0.372 e. The van der Waals surface area contributed by atoms with E-state index in [1.54, 1.807) is 12.1 Å². The number of aromatic nitrogens is 2. The minimum absolute atomic E-state index is 0.103. The minimum atomic E-state index is -0.259. The van der Waals surface area contributed by atoms with Crippen molar-refractivity contribution in [2.75, 3.05) is 28.6 Å². The van der Waals surface area contributed by atoms with Crippen molar-refractivity contribution in [3.63, 3.8) is 0 Å². The lowest BCUT2D eigenvalue weighted by molar-refractivity contribution is 0.102. The highest BCUT2D eigenvalue weighted by Gasteiger charge is 2.14. The van der Waals surface area contributed by atoms with Crippen LogP contribution < -0.4 is 15.5 Å². The van der Waals surface area contributed by atoms with Gasteiger partial charge in [-0.1, -0.05) is 0 Å². The van der Waals surface area contributed by atoms with Crippen molar-refractivity contribution in [3.05, 3.63) is 42.1 Å². The molecule has 1 fully saturated rings. The van der Waals surface area contributed by atoms with Crippen molar-refractivity contribution in [1.82, 2.24) is 10.2 Å². The first-order chi connectivity index (χ1) is 12.4. The van der Waals surface area contributed by atoms with Crippen LogP contribution in [0.2, 0.25) is 0 Å². The molecule has 2 heterocycles. The highest BCUT2D eigenvalue weighted by molar-refractivity contribution is 6.02. The van der Waals surface area contributed by atoms with Crippen LogP contribution in [-0.4, -0.2) is 34.7 Å². The molecule has 6 nitrogen and oxygen atoms in total. The van der Waals surface area contributed by atoms with Crippen LogP contribution >= 0.6 is 0 Å². The third kappa shape index (κ3) is 4.94. The number of carbonyl (C=O) groups is 1. The standard InChI is InChI=1S/C20H27N5O/c1-20(2,3)22-18-12-11-17(23-24-18)19(26)21-15-7-9-16(10-8-15)25-13-5-4-6-14-25/h7-12H,4-6,13-14H2,1-3H3,(H,21,26)(H,22,24). The van der Waals surface area contributed by atoms with Crippen LogP contribution in [0.4, 0.5) is 17.2 Å². The Hall–Kier alpha value is -2.63. The topological polar surface area (TPSA) is 70.2 Å². The Labute approximate surface area is 155 Å². The molecular formula is C20H27N5O. The van der Waals surface area contributed by atoms with Crippen molar-refractivity contribution >= 4 is 23.1 Å². The average Bonchev–Trinajstić information content (AvgIpc) is 2.62. The van der Waals surface area contributed by atoms with Gasteiger partial charge >= 0.3 is 0 Å². The van der Waals surface area contributed by atoms with Gasteiger partial charge in [0.1, 0.15) is 5.82 Å². The van der Waals surface area contributed by atoms with Crippen molar-refractivity contribution in [3.8, 4) is 0 Å². The van der Waals surface area contributed by atoms with Crippen LogP contribution in [0.25, 0.3) is 0 Å². The number of amides is 1. The molecule has 1 aromatic heterocycles. The van der Waals surface area contributed by atoms with E-state index in [-0.39, 0.29) is 11.4 Å². The number of anilines is 3. The second-order valence-corrected chi connectivity index (χ2v) is 7.73. The molecule has 0 bridgehead atoms. The molecule has 2 N–H and O–H groups in total. The number of hydrogen-bond donors (Lipinski definition) is 2. The second-order valence-electron chi connectivity index (χ2n) is 7.73. The zero-order chi connectivity index (χ0) is 18.6. The van der Waals surface area contributed by atoms with Gasteiger partial charge in [0, 0.05) is 30.0 Å². The summed E-state index contributed by atoms with van der Waals surface area (Å²) in [5.41, 5.74) is 2.16. The molecular weight excluding hydrogens is 326 g/mol. The van der Waals surface area contributed by atoms with Gasteiger partial charge in [0.05, 0.1) is 0 Å². The Morgan fingerprint density at radius 2 is 1.65 bits per heavy atom. The average molecular weight is 353 g/mol. The molecule has 0 atom stereocenters. The van der Waals surface area contributed by atoms with E-state index < -0.39 is 0 Å². The highest BCUT2D eigenvalue weighted by Crippen LogP contribution is 2.22. The van der Waals surface area contributed by atoms with Gasteiger partial charge in [-0.25, -0.2) is 0 Å². The molecule has 138 valence electrons. The van der Waals surface area contributed by atoms with Crippen LogP contribution in [0, 0.1) is 0 Å². The fraction of sp³-hybridized carbons (Fsp3) is 0.450. The number of nitrogens with zero attached hydrogens (tertiary/aromatic N) is 3. The molecule has 0 aliphatic carbocycles. The van der Waals surface area contributed by atoms with E-state index in [0.717, 1.165) is 18.8 Å². The lowest BCUT2D eigenvalue weighted by Crippen LogP contribution is -2.29. The first-order valence-electron chi connectivity index (χ1n) is 9.19. The molecule has 1 amide bonds. The summed E-state index contributed by atoms with van der Waals surface area (Å²) < 4.78 is 0.